The van der Waals surface area contributed by atoms with Crippen molar-refractivity contribution in [3.8, 4) is 17.2 Å². The fourth-order valence-corrected chi connectivity index (χ4v) is 3.70. The van der Waals surface area contributed by atoms with Crippen LogP contribution in [-0.2, 0) is 4.79 Å². The maximum Gasteiger partial charge on any atom is 0.289 e. The molecular weight excluding hydrogens is 376 g/mol. The van der Waals surface area contributed by atoms with Crippen LogP contribution in [0.5, 0.6) is 17.2 Å². The zero-order valence-corrected chi connectivity index (χ0v) is 16.5. The van der Waals surface area contributed by atoms with Crippen LogP contribution in [0.1, 0.15) is 35.6 Å². The molecule has 29 heavy (non-hydrogen) atoms. The van der Waals surface area contributed by atoms with Gasteiger partial charge >= 0.3 is 0 Å². The van der Waals surface area contributed by atoms with E-state index in [2.05, 4.69) is 5.32 Å². The summed E-state index contributed by atoms with van der Waals surface area (Å²) in [6, 6.07) is 6.91. The monoisotopic (exact) mass is 400 g/mol. The number of hydrogen-bond acceptors (Lipinski definition) is 6. The van der Waals surface area contributed by atoms with Crippen molar-refractivity contribution in [1.82, 2.24) is 4.90 Å². The van der Waals surface area contributed by atoms with Crippen LogP contribution in [0, 0.1) is 12.8 Å². The fraction of sp³-hybridized carbons (Fsp3) is 0.429. The first-order chi connectivity index (χ1) is 14.0. The molecule has 8 nitrogen and oxygen atoms in total. The van der Waals surface area contributed by atoms with Gasteiger partial charge in [0.05, 0.1) is 12.8 Å². The molecule has 0 atom stereocenters. The number of carbonyl (C=O) groups excluding carboxylic acids is 2. The number of ether oxygens (including phenoxy) is 3. The van der Waals surface area contributed by atoms with Crippen LogP contribution >= 0.6 is 0 Å². The Morgan fingerprint density at radius 3 is 2.55 bits per heavy atom. The van der Waals surface area contributed by atoms with E-state index in [0.29, 0.717) is 48.2 Å². The van der Waals surface area contributed by atoms with Gasteiger partial charge in [-0.1, -0.05) is 0 Å². The van der Waals surface area contributed by atoms with Crippen LogP contribution in [0.15, 0.2) is 28.7 Å². The second-order valence-corrected chi connectivity index (χ2v) is 7.30. The molecule has 1 saturated heterocycles. The number of furan rings is 1. The van der Waals surface area contributed by atoms with E-state index in [1.807, 2.05) is 6.92 Å². The summed E-state index contributed by atoms with van der Waals surface area (Å²) in [6.45, 7) is 3.20. The average molecular weight is 400 g/mol. The fourth-order valence-electron chi connectivity index (χ4n) is 3.70. The largest absolute Gasteiger partial charge is 0.494 e. The Bertz CT molecular complexity index is 914. The van der Waals surface area contributed by atoms with E-state index in [0.717, 1.165) is 18.6 Å². The summed E-state index contributed by atoms with van der Waals surface area (Å²) in [4.78, 5) is 26.8. The van der Waals surface area contributed by atoms with Gasteiger partial charge in [0, 0.05) is 31.6 Å². The summed E-state index contributed by atoms with van der Waals surface area (Å²) in [5, 5.41) is 2.91. The molecular formula is C21H24N2O6. The van der Waals surface area contributed by atoms with Crippen molar-refractivity contribution in [3.63, 3.8) is 0 Å². The minimum atomic E-state index is -0.0916. The van der Waals surface area contributed by atoms with E-state index in [9.17, 15) is 9.59 Å². The number of nitrogens with one attached hydrogen (secondary N) is 1. The Hall–Kier alpha value is -3.16. The third-order valence-electron chi connectivity index (χ3n) is 5.30. The number of amides is 2. The summed E-state index contributed by atoms with van der Waals surface area (Å²) in [5.74, 6) is 2.84. The molecule has 2 amide bonds. The van der Waals surface area contributed by atoms with Gasteiger partial charge in [0.25, 0.3) is 5.91 Å². The Morgan fingerprint density at radius 1 is 1.17 bits per heavy atom. The lowest BCUT2D eigenvalue weighted by Gasteiger charge is -2.31. The van der Waals surface area contributed by atoms with Crippen LogP contribution in [0.25, 0.3) is 0 Å². The molecule has 0 bridgehead atoms. The second kappa shape index (κ2) is 8.06. The SMILES string of the molecule is COc1cc2c(cc1NC(=O)CC1CCN(C(=O)c3ccc(C)o3)CC1)OCO2. The van der Waals surface area contributed by atoms with E-state index in [1.165, 1.54) is 0 Å². The average Bonchev–Trinajstić information content (AvgIpc) is 3.35. The maximum atomic E-state index is 12.6. The molecule has 0 radical (unpaired) electrons. The summed E-state index contributed by atoms with van der Waals surface area (Å²) in [7, 11) is 1.54. The van der Waals surface area contributed by atoms with Gasteiger partial charge in [0.1, 0.15) is 11.5 Å². The molecule has 2 aliphatic rings. The molecule has 154 valence electrons. The number of rotatable bonds is 5. The smallest absolute Gasteiger partial charge is 0.289 e. The van der Waals surface area contributed by atoms with Crippen molar-refractivity contribution in [2.45, 2.75) is 26.2 Å². The van der Waals surface area contributed by atoms with Crippen molar-refractivity contribution in [2.24, 2.45) is 5.92 Å². The van der Waals surface area contributed by atoms with Crippen molar-refractivity contribution in [2.75, 3.05) is 32.3 Å². The highest BCUT2D eigenvalue weighted by Crippen LogP contribution is 2.40. The third-order valence-corrected chi connectivity index (χ3v) is 5.30. The topological polar surface area (TPSA) is 90.2 Å². The minimum Gasteiger partial charge on any atom is -0.494 e. The summed E-state index contributed by atoms with van der Waals surface area (Å²) in [5.41, 5.74) is 0.558. The number of fused-ring (bicyclic) bond motifs is 1. The zero-order chi connectivity index (χ0) is 20.4. The van der Waals surface area contributed by atoms with Crippen LogP contribution in [0.3, 0.4) is 0 Å². The van der Waals surface area contributed by atoms with Gasteiger partial charge < -0.3 is 28.8 Å². The molecule has 0 saturated carbocycles. The van der Waals surface area contributed by atoms with Gasteiger partial charge in [-0.25, -0.2) is 0 Å². The Labute approximate surface area is 168 Å². The molecule has 0 unspecified atom stereocenters. The van der Waals surface area contributed by atoms with E-state index < -0.39 is 0 Å². The molecule has 2 aliphatic heterocycles. The summed E-state index contributed by atoms with van der Waals surface area (Å²) >= 11 is 0. The molecule has 1 aromatic heterocycles. The lowest BCUT2D eigenvalue weighted by Crippen LogP contribution is -2.39. The Morgan fingerprint density at radius 2 is 1.90 bits per heavy atom. The molecule has 4 rings (SSSR count). The van der Waals surface area contributed by atoms with Crippen molar-refractivity contribution < 1.29 is 28.2 Å². The Balaban J connectivity index is 1.31. The predicted molar refractivity (Wildman–Crippen MR) is 104 cm³/mol. The van der Waals surface area contributed by atoms with Gasteiger partial charge in [-0.05, 0) is 37.8 Å². The number of methoxy groups -OCH3 is 1. The number of piperidine rings is 1. The first-order valence-electron chi connectivity index (χ1n) is 9.66. The zero-order valence-electron chi connectivity index (χ0n) is 16.5. The normalized spacial score (nSPS) is 16.0. The summed E-state index contributed by atoms with van der Waals surface area (Å²) in [6.07, 6.45) is 1.94. The van der Waals surface area contributed by atoms with Gasteiger partial charge in [0.15, 0.2) is 17.3 Å². The summed E-state index contributed by atoms with van der Waals surface area (Å²) < 4.78 is 21.5. The maximum absolute atomic E-state index is 12.6. The molecule has 1 fully saturated rings. The first kappa shape index (κ1) is 19.2. The number of anilines is 1. The van der Waals surface area contributed by atoms with E-state index in [-0.39, 0.29) is 24.5 Å². The number of aryl methyl sites for hydroxylation is 1. The molecule has 8 heteroatoms. The van der Waals surface area contributed by atoms with Crippen LogP contribution < -0.4 is 19.5 Å². The van der Waals surface area contributed by atoms with Gasteiger partial charge in [-0.15, -0.1) is 0 Å². The van der Waals surface area contributed by atoms with Crippen molar-refractivity contribution in [1.29, 1.82) is 0 Å². The number of hydrogen-bond donors (Lipinski definition) is 1. The van der Waals surface area contributed by atoms with Crippen LogP contribution in [-0.4, -0.2) is 43.7 Å². The van der Waals surface area contributed by atoms with Crippen molar-refractivity contribution in [3.05, 3.63) is 35.8 Å². The lowest BCUT2D eigenvalue weighted by molar-refractivity contribution is -0.117. The van der Waals surface area contributed by atoms with E-state index in [4.69, 9.17) is 18.6 Å². The highest BCUT2D eigenvalue weighted by atomic mass is 16.7. The molecule has 3 heterocycles. The minimum absolute atomic E-state index is 0.0893. The van der Waals surface area contributed by atoms with E-state index in [1.54, 1.807) is 36.3 Å². The van der Waals surface area contributed by atoms with Crippen LogP contribution in [0.2, 0.25) is 0 Å². The highest BCUT2D eigenvalue weighted by Gasteiger charge is 2.27. The highest BCUT2D eigenvalue weighted by molar-refractivity contribution is 5.93. The van der Waals surface area contributed by atoms with Crippen molar-refractivity contribution >= 4 is 17.5 Å². The number of likely N-dealkylation sites (tertiary alicyclic amines) is 1. The molecule has 1 N–H and O–H groups in total. The molecule has 0 aliphatic carbocycles. The standard InChI is InChI=1S/C21H24N2O6/c1-13-3-4-16(29-13)21(25)23-7-5-14(6-8-23)9-20(24)22-15-10-18-19(28-12-27-18)11-17(15)26-2/h3-4,10-11,14H,5-9,12H2,1-2H3,(H,22,24). The van der Waals surface area contributed by atoms with Gasteiger partial charge in [0.2, 0.25) is 12.7 Å². The molecule has 1 aromatic carbocycles. The van der Waals surface area contributed by atoms with Crippen LogP contribution in [0.4, 0.5) is 5.69 Å². The van der Waals surface area contributed by atoms with E-state index >= 15 is 0 Å². The van der Waals surface area contributed by atoms with Gasteiger partial charge in [-0.2, -0.15) is 0 Å². The molecule has 0 spiro atoms. The second-order valence-electron chi connectivity index (χ2n) is 7.30. The third kappa shape index (κ3) is 4.16. The number of nitrogens with zero attached hydrogens (tertiary/aromatic N) is 1. The Kier molecular flexibility index (Phi) is 5.33. The first-order valence-corrected chi connectivity index (χ1v) is 9.66. The number of benzene rings is 1. The quantitative estimate of drug-likeness (QED) is 0.829. The predicted octanol–water partition coefficient (Wildman–Crippen LogP) is 3.21. The lowest BCUT2D eigenvalue weighted by atomic mass is 9.93. The molecule has 2 aromatic rings. The number of carbonyl (C=O) groups is 2. The van der Waals surface area contributed by atoms with Gasteiger partial charge in [-0.3, -0.25) is 9.59 Å².